The smallest absolute Gasteiger partial charge is 0.422 e. The number of rotatable bonds is 6. The first kappa shape index (κ1) is 18.9. The molecule has 2 amide bonds. The van der Waals surface area contributed by atoms with E-state index in [1.807, 2.05) is 12.1 Å². The second kappa shape index (κ2) is 8.62. The van der Waals surface area contributed by atoms with Gasteiger partial charge < -0.3 is 15.4 Å². The van der Waals surface area contributed by atoms with Crippen LogP contribution in [0, 0.1) is 0 Å². The minimum Gasteiger partial charge on any atom is -0.484 e. The van der Waals surface area contributed by atoms with Crippen LogP contribution in [0.4, 0.5) is 18.0 Å². The molecule has 0 atom stereocenters. The predicted octanol–water partition coefficient (Wildman–Crippen LogP) is 4.28. The molecule has 0 fully saturated rings. The van der Waals surface area contributed by atoms with E-state index in [0.29, 0.717) is 11.6 Å². The Morgan fingerprint density at radius 1 is 0.920 bits per heavy atom. The fourth-order valence-corrected chi connectivity index (χ4v) is 2.02. The van der Waals surface area contributed by atoms with Crippen LogP contribution in [0.25, 0.3) is 0 Å². The van der Waals surface area contributed by atoms with E-state index >= 15 is 0 Å². The van der Waals surface area contributed by atoms with Crippen LogP contribution in [-0.2, 0) is 13.1 Å². The summed E-state index contributed by atoms with van der Waals surface area (Å²) in [6, 6.07) is 12.8. The number of halogens is 4. The number of amides is 2. The summed E-state index contributed by atoms with van der Waals surface area (Å²) >= 11 is 5.78. The van der Waals surface area contributed by atoms with E-state index in [4.69, 9.17) is 11.6 Å². The molecule has 0 aromatic heterocycles. The van der Waals surface area contributed by atoms with Gasteiger partial charge in [-0.15, -0.1) is 0 Å². The third kappa shape index (κ3) is 7.34. The molecule has 0 unspecified atom stereocenters. The summed E-state index contributed by atoms with van der Waals surface area (Å²) in [5, 5.41) is 5.97. The van der Waals surface area contributed by atoms with E-state index < -0.39 is 12.8 Å². The fraction of sp³-hybridized carbons (Fsp3) is 0.235. The van der Waals surface area contributed by atoms with E-state index in [9.17, 15) is 18.0 Å². The van der Waals surface area contributed by atoms with E-state index in [1.54, 1.807) is 24.3 Å². The fourth-order valence-electron chi connectivity index (χ4n) is 1.90. The van der Waals surface area contributed by atoms with Gasteiger partial charge in [0.1, 0.15) is 5.75 Å². The normalized spacial score (nSPS) is 11.0. The molecular formula is C17H16ClF3N2O2. The lowest BCUT2D eigenvalue weighted by Gasteiger charge is -2.10. The first-order chi connectivity index (χ1) is 11.8. The highest BCUT2D eigenvalue weighted by molar-refractivity contribution is 6.30. The summed E-state index contributed by atoms with van der Waals surface area (Å²) < 4.78 is 40.8. The summed E-state index contributed by atoms with van der Waals surface area (Å²) in [4.78, 5) is 11.7. The summed E-state index contributed by atoms with van der Waals surface area (Å²) in [7, 11) is 0. The molecule has 0 saturated heterocycles. The molecule has 4 nitrogen and oxygen atoms in total. The monoisotopic (exact) mass is 372 g/mol. The van der Waals surface area contributed by atoms with Crippen molar-refractivity contribution in [1.29, 1.82) is 0 Å². The molecule has 0 aliphatic carbocycles. The highest BCUT2D eigenvalue weighted by atomic mass is 35.5. The van der Waals surface area contributed by atoms with Gasteiger partial charge in [-0.2, -0.15) is 13.2 Å². The second-order valence-corrected chi connectivity index (χ2v) is 5.65. The number of urea groups is 1. The molecule has 0 saturated carbocycles. The number of alkyl halides is 3. The second-order valence-electron chi connectivity index (χ2n) is 5.21. The molecular weight excluding hydrogens is 357 g/mol. The number of carbonyl (C=O) groups excluding carboxylic acids is 1. The maximum absolute atomic E-state index is 12.1. The maximum Gasteiger partial charge on any atom is 0.422 e. The Morgan fingerprint density at radius 2 is 1.40 bits per heavy atom. The highest BCUT2D eigenvalue weighted by Gasteiger charge is 2.28. The van der Waals surface area contributed by atoms with Crippen molar-refractivity contribution in [2.24, 2.45) is 0 Å². The largest absolute Gasteiger partial charge is 0.484 e. The quantitative estimate of drug-likeness (QED) is 0.795. The maximum atomic E-state index is 12.1. The molecule has 25 heavy (non-hydrogen) atoms. The van der Waals surface area contributed by atoms with Gasteiger partial charge in [0, 0.05) is 18.1 Å². The number of ether oxygens (including phenoxy) is 1. The van der Waals surface area contributed by atoms with Crippen LogP contribution >= 0.6 is 11.6 Å². The summed E-state index contributed by atoms with van der Waals surface area (Å²) in [6.45, 7) is -0.739. The van der Waals surface area contributed by atoms with E-state index in [2.05, 4.69) is 15.4 Å². The minimum atomic E-state index is -4.37. The summed E-state index contributed by atoms with van der Waals surface area (Å²) in [5.41, 5.74) is 1.65. The first-order valence-corrected chi connectivity index (χ1v) is 7.74. The standard InChI is InChI=1S/C17H16ClF3N2O2/c18-14-5-1-12(2-6-14)9-22-16(24)23-10-13-3-7-15(8-4-13)25-11-17(19,20)21/h1-8H,9-11H2,(H2,22,23,24). The van der Waals surface area contributed by atoms with Crippen LogP contribution in [0.2, 0.25) is 5.02 Å². The molecule has 2 N–H and O–H groups in total. The molecule has 0 aliphatic rings. The zero-order valence-electron chi connectivity index (χ0n) is 13.1. The van der Waals surface area contributed by atoms with Crippen LogP contribution in [-0.4, -0.2) is 18.8 Å². The van der Waals surface area contributed by atoms with Crippen molar-refractivity contribution < 1.29 is 22.7 Å². The van der Waals surface area contributed by atoms with Gasteiger partial charge in [-0.25, -0.2) is 4.79 Å². The number of benzene rings is 2. The van der Waals surface area contributed by atoms with Crippen molar-refractivity contribution in [3.8, 4) is 5.75 Å². The molecule has 0 radical (unpaired) electrons. The number of hydrogen-bond acceptors (Lipinski definition) is 2. The number of hydrogen-bond donors (Lipinski definition) is 2. The molecule has 134 valence electrons. The lowest BCUT2D eigenvalue weighted by molar-refractivity contribution is -0.153. The Balaban J connectivity index is 1.73. The zero-order chi connectivity index (χ0) is 18.3. The molecule has 2 rings (SSSR count). The topological polar surface area (TPSA) is 50.4 Å². The van der Waals surface area contributed by atoms with Crippen LogP contribution in [0.1, 0.15) is 11.1 Å². The Bertz CT molecular complexity index is 689. The van der Waals surface area contributed by atoms with Crippen LogP contribution in [0.15, 0.2) is 48.5 Å². The average Bonchev–Trinajstić information content (AvgIpc) is 2.58. The molecule has 0 bridgehead atoms. The van der Waals surface area contributed by atoms with Crippen molar-refractivity contribution in [3.63, 3.8) is 0 Å². The van der Waals surface area contributed by atoms with Crippen molar-refractivity contribution in [2.45, 2.75) is 19.3 Å². The molecule has 0 spiro atoms. The average molecular weight is 373 g/mol. The Kier molecular flexibility index (Phi) is 6.52. The van der Waals surface area contributed by atoms with E-state index in [0.717, 1.165) is 11.1 Å². The highest BCUT2D eigenvalue weighted by Crippen LogP contribution is 2.18. The third-order valence-electron chi connectivity index (χ3n) is 3.15. The SMILES string of the molecule is O=C(NCc1ccc(Cl)cc1)NCc1ccc(OCC(F)(F)F)cc1. The lowest BCUT2D eigenvalue weighted by atomic mass is 10.2. The van der Waals surface area contributed by atoms with Gasteiger partial charge in [0.15, 0.2) is 6.61 Å². The van der Waals surface area contributed by atoms with Crippen LogP contribution in [0.3, 0.4) is 0 Å². The van der Waals surface area contributed by atoms with E-state index in [1.165, 1.54) is 12.1 Å². The van der Waals surface area contributed by atoms with Crippen LogP contribution in [0.5, 0.6) is 5.75 Å². The van der Waals surface area contributed by atoms with Gasteiger partial charge in [-0.05, 0) is 35.4 Å². The lowest BCUT2D eigenvalue weighted by Crippen LogP contribution is -2.34. The Morgan fingerprint density at radius 3 is 1.88 bits per heavy atom. The van der Waals surface area contributed by atoms with Gasteiger partial charge >= 0.3 is 12.2 Å². The summed E-state index contributed by atoms with van der Waals surface area (Å²) in [5.74, 6) is 0.119. The Hall–Kier alpha value is -2.41. The minimum absolute atomic E-state index is 0.119. The molecule has 0 heterocycles. The van der Waals surface area contributed by atoms with Gasteiger partial charge in [-0.3, -0.25) is 0 Å². The van der Waals surface area contributed by atoms with Crippen LogP contribution < -0.4 is 15.4 Å². The zero-order valence-corrected chi connectivity index (χ0v) is 13.8. The molecule has 8 heteroatoms. The molecule has 2 aromatic rings. The Labute approximate surface area is 147 Å². The van der Waals surface area contributed by atoms with Gasteiger partial charge in [0.25, 0.3) is 0 Å². The van der Waals surface area contributed by atoms with Gasteiger partial charge in [0.05, 0.1) is 0 Å². The van der Waals surface area contributed by atoms with Crippen molar-refractivity contribution in [2.75, 3.05) is 6.61 Å². The van der Waals surface area contributed by atoms with Gasteiger partial charge in [0.2, 0.25) is 0 Å². The van der Waals surface area contributed by atoms with Gasteiger partial charge in [-0.1, -0.05) is 35.9 Å². The third-order valence-corrected chi connectivity index (χ3v) is 3.40. The molecule has 0 aliphatic heterocycles. The van der Waals surface area contributed by atoms with Crippen molar-refractivity contribution >= 4 is 17.6 Å². The number of nitrogens with one attached hydrogen (secondary N) is 2. The predicted molar refractivity (Wildman–Crippen MR) is 88.5 cm³/mol. The molecule has 2 aromatic carbocycles. The first-order valence-electron chi connectivity index (χ1n) is 7.36. The van der Waals surface area contributed by atoms with Crippen molar-refractivity contribution in [1.82, 2.24) is 10.6 Å². The van der Waals surface area contributed by atoms with Crippen molar-refractivity contribution in [3.05, 3.63) is 64.7 Å². The van der Waals surface area contributed by atoms with E-state index in [-0.39, 0.29) is 18.3 Å². The summed E-state index contributed by atoms with van der Waals surface area (Å²) in [6.07, 6.45) is -4.37. The number of carbonyl (C=O) groups is 1.